The van der Waals surface area contributed by atoms with E-state index in [9.17, 15) is 18.0 Å². The molecular weight excluding hydrogens is 287 g/mol. The first kappa shape index (κ1) is 13.8. The average molecular weight is 302 g/mol. The molecule has 0 radical (unpaired) electrons. The Hall–Kier alpha value is -0.260. The fraction of sp³-hybridized carbons (Fsp3) is 0.900. The second-order valence-corrected chi connectivity index (χ2v) is 5.51. The molecule has 0 atom stereocenters. The number of amides is 1. The molecular formula is C10H15BrF3NO. The second kappa shape index (κ2) is 5.89. The van der Waals surface area contributed by atoms with Gasteiger partial charge in [-0.15, -0.1) is 0 Å². The first-order valence-corrected chi connectivity index (χ1v) is 6.26. The highest BCUT2D eigenvalue weighted by atomic mass is 79.9. The second-order valence-electron chi connectivity index (χ2n) is 4.21. The van der Waals surface area contributed by atoms with Crippen molar-refractivity contribution in [1.29, 1.82) is 0 Å². The molecule has 0 bridgehead atoms. The topological polar surface area (TPSA) is 29.1 Å². The third-order valence-corrected chi connectivity index (χ3v) is 3.64. The fourth-order valence-corrected chi connectivity index (χ4v) is 2.36. The van der Waals surface area contributed by atoms with Gasteiger partial charge in [-0.05, 0) is 31.6 Å². The molecule has 16 heavy (non-hydrogen) atoms. The van der Waals surface area contributed by atoms with Crippen LogP contribution in [-0.2, 0) is 4.79 Å². The van der Waals surface area contributed by atoms with Crippen LogP contribution in [0.2, 0.25) is 0 Å². The molecule has 1 rings (SSSR count). The van der Waals surface area contributed by atoms with Crippen molar-refractivity contribution in [2.45, 2.75) is 43.1 Å². The lowest BCUT2D eigenvalue weighted by Crippen LogP contribution is -2.33. The van der Waals surface area contributed by atoms with E-state index in [1.807, 2.05) is 0 Å². The Labute approximate surface area is 101 Å². The summed E-state index contributed by atoms with van der Waals surface area (Å²) in [5, 5.41) is 2.35. The molecule has 1 saturated carbocycles. The van der Waals surface area contributed by atoms with Crippen molar-refractivity contribution < 1.29 is 18.0 Å². The maximum Gasteiger partial charge on any atom is 0.397 e. The highest BCUT2D eigenvalue weighted by Gasteiger charge is 2.31. The van der Waals surface area contributed by atoms with Gasteiger partial charge in [0, 0.05) is 11.4 Å². The van der Waals surface area contributed by atoms with E-state index in [-0.39, 0.29) is 0 Å². The SMILES string of the molecule is O=C(CC(F)(F)F)NCC1CCC(Br)CC1. The van der Waals surface area contributed by atoms with Gasteiger partial charge < -0.3 is 5.32 Å². The lowest BCUT2D eigenvalue weighted by atomic mass is 9.89. The van der Waals surface area contributed by atoms with Crippen LogP contribution < -0.4 is 5.32 Å². The van der Waals surface area contributed by atoms with Crippen LogP contribution in [0.25, 0.3) is 0 Å². The van der Waals surface area contributed by atoms with Gasteiger partial charge in [0.25, 0.3) is 0 Å². The van der Waals surface area contributed by atoms with Crippen molar-refractivity contribution in [1.82, 2.24) is 5.32 Å². The molecule has 94 valence electrons. The fourth-order valence-electron chi connectivity index (χ4n) is 1.83. The van der Waals surface area contributed by atoms with E-state index >= 15 is 0 Å². The monoisotopic (exact) mass is 301 g/mol. The molecule has 1 aliphatic rings. The molecule has 0 unspecified atom stereocenters. The number of carbonyl (C=O) groups excluding carboxylic acids is 1. The zero-order chi connectivity index (χ0) is 12.2. The van der Waals surface area contributed by atoms with E-state index < -0.39 is 18.5 Å². The number of hydrogen-bond acceptors (Lipinski definition) is 1. The normalized spacial score (nSPS) is 26.5. The molecule has 1 N–H and O–H groups in total. The molecule has 1 fully saturated rings. The van der Waals surface area contributed by atoms with Crippen molar-refractivity contribution in [2.75, 3.05) is 6.54 Å². The van der Waals surface area contributed by atoms with Gasteiger partial charge in [0.05, 0.1) is 0 Å². The molecule has 0 aromatic heterocycles. The summed E-state index contributed by atoms with van der Waals surface area (Å²) >= 11 is 3.50. The minimum Gasteiger partial charge on any atom is -0.356 e. The Kier molecular flexibility index (Phi) is 5.08. The van der Waals surface area contributed by atoms with Crippen molar-refractivity contribution >= 4 is 21.8 Å². The van der Waals surface area contributed by atoms with Gasteiger partial charge in [0.15, 0.2) is 0 Å². The number of carbonyl (C=O) groups is 1. The van der Waals surface area contributed by atoms with Crippen LogP contribution in [-0.4, -0.2) is 23.5 Å². The minimum atomic E-state index is -4.41. The van der Waals surface area contributed by atoms with Crippen LogP contribution in [0.15, 0.2) is 0 Å². The molecule has 1 amide bonds. The van der Waals surface area contributed by atoms with Gasteiger partial charge in [0.2, 0.25) is 5.91 Å². The van der Waals surface area contributed by atoms with E-state index in [1.54, 1.807) is 0 Å². The average Bonchev–Trinajstić information content (AvgIpc) is 2.14. The summed E-state index contributed by atoms with van der Waals surface area (Å²) in [6, 6.07) is 0. The number of alkyl halides is 4. The third-order valence-electron chi connectivity index (χ3n) is 2.73. The summed E-state index contributed by atoms with van der Waals surface area (Å²) < 4.78 is 35.6. The maximum atomic E-state index is 11.9. The van der Waals surface area contributed by atoms with Gasteiger partial charge in [-0.2, -0.15) is 13.2 Å². The summed E-state index contributed by atoms with van der Waals surface area (Å²) in [4.78, 5) is 11.4. The third kappa shape index (κ3) is 5.72. The number of halogens is 4. The van der Waals surface area contributed by atoms with Crippen LogP contribution in [0.3, 0.4) is 0 Å². The van der Waals surface area contributed by atoms with Gasteiger partial charge in [-0.1, -0.05) is 15.9 Å². The minimum absolute atomic E-state index is 0.325. The Morgan fingerprint density at radius 1 is 1.25 bits per heavy atom. The quantitative estimate of drug-likeness (QED) is 0.798. The molecule has 0 heterocycles. The standard InChI is InChI=1S/C10H15BrF3NO/c11-8-3-1-7(2-4-8)6-15-9(16)5-10(12,13)14/h7-8H,1-6H2,(H,15,16). The van der Waals surface area contributed by atoms with Crippen LogP contribution in [0.5, 0.6) is 0 Å². The highest BCUT2D eigenvalue weighted by molar-refractivity contribution is 9.09. The lowest BCUT2D eigenvalue weighted by Gasteiger charge is -2.25. The molecule has 0 aromatic carbocycles. The molecule has 1 aliphatic carbocycles. The first-order chi connectivity index (χ1) is 7.37. The van der Waals surface area contributed by atoms with Crippen molar-refractivity contribution in [3.05, 3.63) is 0 Å². The van der Waals surface area contributed by atoms with E-state index in [2.05, 4.69) is 21.2 Å². The number of rotatable bonds is 3. The summed E-state index contributed by atoms with van der Waals surface area (Å²) in [7, 11) is 0. The van der Waals surface area contributed by atoms with Gasteiger partial charge in [0.1, 0.15) is 6.42 Å². The van der Waals surface area contributed by atoms with Crippen molar-refractivity contribution in [3.63, 3.8) is 0 Å². The Bertz CT molecular complexity index is 237. The largest absolute Gasteiger partial charge is 0.397 e. The van der Waals surface area contributed by atoms with Crippen LogP contribution >= 0.6 is 15.9 Å². The Morgan fingerprint density at radius 3 is 2.31 bits per heavy atom. The first-order valence-electron chi connectivity index (χ1n) is 5.34. The van der Waals surface area contributed by atoms with Gasteiger partial charge in [-0.3, -0.25) is 4.79 Å². The smallest absolute Gasteiger partial charge is 0.356 e. The van der Waals surface area contributed by atoms with E-state index in [0.717, 1.165) is 25.7 Å². The number of nitrogens with one attached hydrogen (secondary N) is 1. The maximum absolute atomic E-state index is 11.9. The summed E-state index contributed by atoms with van der Waals surface area (Å²) in [6.07, 6.45) is -1.80. The molecule has 2 nitrogen and oxygen atoms in total. The van der Waals surface area contributed by atoms with E-state index in [4.69, 9.17) is 0 Å². The Morgan fingerprint density at radius 2 is 1.81 bits per heavy atom. The Balaban J connectivity index is 2.17. The molecule has 0 aliphatic heterocycles. The number of hydrogen-bond donors (Lipinski definition) is 1. The zero-order valence-electron chi connectivity index (χ0n) is 8.82. The predicted molar refractivity (Wildman–Crippen MR) is 58.4 cm³/mol. The van der Waals surface area contributed by atoms with Crippen LogP contribution in [0, 0.1) is 5.92 Å². The van der Waals surface area contributed by atoms with Gasteiger partial charge in [-0.25, -0.2) is 0 Å². The van der Waals surface area contributed by atoms with E-state index in [0.29, 0.717) is 17.3 Å². The highest BCUT2D eigenvalue weighted by Crippen LogP contribution is 2.28. The van der Waals surface area contributed by atoms with Crippen LogP contribution in [0.1, 0.15) is 32.1 Å². The van der Waals surface area contributed by atoms with E-state index in [1.165, 1.54) is 0 Å². The lowest BCUT2D eigenvalue weighted by molar-refractivity contribution is -0.153. The summed E-state index contributed by atoms with van der Waals surface area (Å²) in [6.45, 7) is 0.370. The predicted octanol–water partition coefficient (Wildman–Crippen LogP) is 3.01. The molecule has 0 spiro atoms. The summed E-state index contributed by atoms with van der Waals surface area (Å²) in [5.74, 6) is -0.598. The van der Waals surface area contributed by atoms with Gasteiger partial charge >= 0.3 is 6.18 Å². The molecule has 0 aromatic rings. The summed E-state index contributed by atoms with van der Waals surface area (Å²) in [5.41, 5.74) is 0. The molecule has 6 heteroatoms. The molecule has 0 saturated heterocycles. The zero-order valence-corrected chi connectivity index (χ0v) is 10.4. The van der Waals surface area contributed by atoms with Crippen LogP contribution in [0.4, 0.5) is 13.2 Å². The van der Waals surface area contributed by atoms with Crippen molar-refractivity contribution in [2.24, 2.45) is 5.92 Å². The van der Waals surface area contributed by atoms with Crippen molar-refractivity contribution in [3.8, 4) is 0 Å².